The minimum Gasteiger partial charge on any atom is -0.364 e. The molecule has 5 nitrogen and oxygen atoms in total. The monoisotopic (exact) mass is 415 g/mol. The summed E-state index contributed by atoms with van der Waals surface area (Å²) in [5.41, 5.74) is 1.81. The van der Waals surface area contributed by atoms with Gasteiger partial charge in [0.1, 0.15) is 5.70 Å². The molecule has 2 aromatic carbocycles. The molecule has 0 aliphatic carbocycles. The molecule has 2 aliphatic heterocycles. The second-order valence-corrected chi connectivity index (χ2v) is 7.76. The molecule has 1 saturated heterocycles. The number of carbonyl (C=O) groups is 2. The number of benzene rings is 2. The number of carbonyl (C=O) groups excluding carboxylic acids is 2. The SMILES string of the molecule is CN1CCN(C2=C(c3ccc(Cl)cc3Cl)C(=O)N(c3ccccc3)C2=O)CC1. The number of imide groups is 1. The molecule has 2 aromatic rings. The maximum Gasteiger partial charge on any atom is 0.282 e. The smallest absolute Gasteiger partial charge is 0.282 e. The van der Waals surface area contributed by atoms with Gasteiger partial charge < -0.3 is 9.80 Å². The van der Waals surface area contributed by atoms with Crippen LogP contribution in [0.5, 0.6) is 0 Å². The van der Waals surface area contributed by atoms with Crippen molar-refractivity contribution in [2.45, 2.75) is 0 Å². The standard InChI is InChI=1S/C21H19Cl2N3O2/c1-24-9-11-25(12-10-24)19-18(16-8-7-14(22)13-17(16)23)20(27)26(21(19)28)15-5-3-2-4-6-15/h2-8,13H,9-12H2,1H3. The topological polar surface area (TPSA) is 43.9 Å². The molecule has 0 atom stereocenters. The Kier molecular flexibility index (Phi) is 5.15. The summed E-state index contributed by atoms with van der Waals surface area (Å²) >= 11 is 12.5. The van der Waals surface area contributed by atoms with Crippen molar-refractivity contribution in [3.63, 3.8) is 0 Å². The summed E-state index contributed by atoms with van der Waals surface area (Å²) in [6.45, 7) is 2.97. The lowest BCUT2D eigenvalue weighted by Crippen LogP contribution is -2.46. The van der Waals surface area contributed by atoms with Gasteiger partial charge in [-0.25, -0.2) is 4.90 Å². The van der Waals surface area contributed by atoms with Gasteiger partial charge in [-0.3, -0.25) is 9.59 Å². The van der Waals surface area contributed by atoms with Gasteiger partial charge in [0.15, 0.2) is 0 Å². The van der Waals surface area contributed by atoms with Crippen molar-refractivity contribution in [2.75, 3.05) is 38.1 Å². The van der Waals surface area contributed by atoms with Gasteiger partial charge in [-0.1, -0.05) is 47.5 Å². The highest BCUT2D eigenvalue weighted by Crippen LogP contribution is 2.38. The van der Waals surface area contributed by atoms with Gasteiger partial charge in [0.05, 0.1) is 16.3 Å². The van der Waals surface area contributed by atoms with Crippen LogP contribution in [0.15, 0.2) is 54.2 Å². The minimum atomic E-state index is -0.366. The van der Waals surface area contributed by atoms with E-state index < -0.39 is 0 Å². The average Bonchev–Trinajstić information content (AvgIpc) is 2.93. The number of rotatable bonds is 3. The molecular weight excluding hydrogens is 397 g/mol. The fraction of sp³-hybridized carbons (Fsp3) is 0.238. The molecule has 4 rings (SSSR count). The van der Waals surface area contributed by atoms with Crippen molar-refractivity contribution >= 4 is 46.3 Å². The van der Waals surface area contributed by atoms with Gasteiger partial charge in [0.2, 0.25) is 0 Å². The van der Waals surface area contributed by atoms with Crippen molar-refractivity contribution in [2.24, 2.45) is 0 Å². The summed E-state index contributed by atoms with van der Waals surface area (Å²) < 4.78 is 0. The first-order chi connectivity index (χ1) is 13.5. The molecular formula is C21H19Cl2N3O2. The molecule has 0 bridgehead atoms. The first-order valence-electron chi connectivity index (χ1n) is 9.04. The molecule has 0 radical (unpaired) electrons. The largest absolute Gasteiger partial charge is 0.364 e. The highest BCUT2D eigenvalue weighted by atomic mass is 35.5. The molecule has 0 aromatic heterocycles. The number of hydrogen-bond acceptors (Lipinski definition) is 4. The number of likely N-dealkylation sites (N-methyl/N-ethyl adjacent to an activating group) is 1. The zero-order valence-corrected chi connectivity index (χ0v) is 16.9. The predicted molar refractivity (Wildman–Crippen MR) is 111 cm³/mol. The van der Waals surface area contributed by atoms with Gasteiger partial charge in [0, 0.05) is 36.8 Å². The van der Waals surface area contributed by atoms with Crippen molar-refractivity contribution in [1.29, 1.82) is 0 Å². The summed E-state index contributed by atoms with van der Waals surface area (Å²) in [5.74, 6) is -0.684. The molecule has 0 N–H and O–H groups in total. The predicted octanol–water partition coefficient (Wildman–Crippen LogP) is 3.53. The van der Waals surface area contributed by atoms with Crippen LogP contribution in [-0.4, -0.2) is 54.8 Å². The highest BCUT2D eigenvalue weighted by molar-refractivity contribution is 6.47. The van der Waals surface area contributed by atoms with E-state index in [1.165, 1.54) is 4.90 Å². The zero-order chi connectivity index (χ0) is 19.8. The summed E-state index contributed by atoms with van der Waals surface area (Å²) in [6.07, 6.45) is 0. The molecule has 0 spiro atoms. The van der Waals surface area contributed by atoms with Gasteiger partial charge in [-0.05, 0) is 31.3 Å². The van der Waals surface area contributed by atoms with Crippen LogP contribution in [0.3, 0.4) is 0 Å². The quantitative estimate of drug-likeness (QED) is 0.719. The van der Waals surface area contributed by atoms with Crippen LogP contribution < -0.4 is 4.90 Å². The van der Waals surface area contributed by atoms with Crippen LogP contribution >= 0.6 is 23.2 Å². The lowest BCUT2D eigenvalue weighted by molar-refractivity contribution is -0.120. The molecule has 0 saturated carbocycles. The molecule has 2 amide bonds. The molecule has 0 unspecified atom stereocenters. The van der Waals surface area contributed by atoms with E-state index in [0.717, 1.165) is 13.1 Å². The van der Waals surface area contributed by atoms with Crippen molar-refractivity contribution in [3.05, 3.63) is 69.8 Å². The molecule has 144 valence electrons. The van der Waals surface area contributed by atoms with Gasteiger partial charge in [-0.15, -0.1) is 0 Å². The summed E-state index contributed by atoms with van der Waals surface area (Å²) in [5, 5.41) is 0.831. The molecule has 28 heavy (non-hydrogen) atoms. The van der Waals surface area contributed by atoms with Gasteiger partial charge in [-0.2, -0.15) is 0 Å². The van der Waals surface area contributed by atoms with Crippen LogP contribution in [-0.2, 0) is 9.59 Å². The maximum absolute atomic E-state index is 13.4. The Morgan fingerprint density at radius 3 is 2.18 bits per heavy atom. The first-order valence-corrected chi connectivity index (χ1v) is 9.80. The summed E-state index contributed by atoms with van der Waals surface area (Å²) in [7, 11) is 2.04. The number of nitrogens with zero attached hydrogens (tertiary/aromatic N) is 3. The minimum absolute atomic E-state index is 0.318. The Labute approximate surface area is 173 Å². The van der Waals surface area contributed by atoms with E-state index in [9.17, 15) is 9.59 Å². The third-order valence-corrected chi connectivity index (χ3v) is 5.64. The molecule has 7 heteroatoms. The summed E-state index contributed by atoms with van der Waals surface area (Å²) in [6, 6.07) is 13.9. The number of hydrogen-bond donors (Lipinski definition) is 0. The van der Waals surface area contributed by atoms with E-state index in [2.05, 4.69) is 4.90 Å². The van der Waals surface area contributed by atoms with E-state index in [-0.39, 0.29) is 11.8 Å². The highest BCUT2D eigenvalue weighted by Gasteiger charge is 2.43. The van der Waals surface area contributed by atoms with E-state index in [1.807, 2.05) is 18.0 Å². The Morgan fingerprint density at radius 1 is 0.857 bits per heavy atom. The fourth-order valence-corrected chi connectivity index (χ4v) is 4.09. The Morgan fingerprint density at radius 2 is 1.54 bits per heavy atom. The number of para-hydroxylation sites is 1. The molecule has 2 aliphatic rings. The Hall–Kier alpha value is -2.34. The van der Waals surface area contributed by atoms with E-state index in [4.69, 9.17) is 23.2 Å². The molecule has 2 heterocycles. The van der Waals surface area contributed by atoms with Crippen molar-refractivity contribution in [3.8, 4) is 0 Å². The van der Waals surface area contributed by atoms with Crippen LogP contribution in [0.25, 0.3) is 5.57 Å². The first kappa shape index (κ1) is 19.0. The van der Waals surface area contributed by atoms with E-state index in [1.54, 1.807) is 42.5 Å². The van der Waals surface area contributed by atoms with Crippen LogP contribution in [0, 0.1) is 0 Å². The van der Waals surface area contributed by atoms with Crippen molar-refractivity contribution in [1.82, 2.24) is 9.80 Å². The van der Waals surface area contributed by atoms with Crippen LogP contribution in [0.1, 0.15) is 5.56 Å². The molecule has 1 fully saturated rings. The maximum atomic E-state index is 13.4. The van der Waals surface area contributed by atoms with Crippen LogP contribution in [0.2, 0.25) is 10.0 Å². The average molecular weight is 416 g/mol. The van der Waals surface area contributed by atoms with Gasteiger partial charge in [0.25, 0.3) is 11.8 Å². The Bertz CT molecular complexity index is 967. The Balaban J connectivity index is 1.84. The van der Waals surface area contributed by atoms with Crippen LogP contribution in [0.4, 0.5) is 5.69 Å². The fourth-order valence-electron chi connectivity index (χ4n) is 3.59. The third-order valence-electron chi connectivity index (χ3n) is 5.09. The third kappa shape index (κ3) is 3.30. The van der Waals surface area contributed by atoms with Gasteiger partial charge >= 0.3 is 0 Å². The number of piperazine rings is 1. The number of amides is 2. The number of halogens is 2. The number of anilines is 1. The second kappa shape index (κ2) is 7.59. The van der Waals surface area contributed by atoms with E-state index >= 15 is 0 Å². The summed E-state index contributed by atoms with van der Waals surface area (Å²) in [4.78, 5) is 32.2. The lowest BCUT2D eigenvalue weighted by Gasteiger charge is -2.34. The normalized spacial score (nSPS) is 18.4. The van der Waals surface area contributed by atoms with E-state index in [0.29, 0.717) is 45.7 Å². The second-order valence-electron chi connectivity index (χ2n) is 6.92. The lowest BCUT2D eigenvalue weighted by atomic mass is 10.0. The van der Waals surface area contributed by atoms with Crippen molar-refractivity contribution < 1.29 is 9.59 Å². The zero-order valence-electron chi connectivity index (χ0n) is 15.4.